The van der Waals surface area contributed by atoms with Crippen LogP contribution in [0, 0.1) is 0 Å². The zero-order valence-electron chi connectivity index (χ0n) is 18.7. The van der Waals surface area contributed by atoms with Gasteiger partial charge >= 0.3 is 5.97 Å². The Labute approximate surface area is 188 Å². The molecule has 0 spiro atoms. The van der Waals surface area contributed by atoms with Crippen molar-refractivity contribution >= 4 is 24.9 Å². The minimum Gasteiger partial charge on any atom is -0.459 e. The van der Waals surface area contributed by atoms with Crippen molar-refractivity contribution in [1.29, 1.82) is 0 Å². The molecule has 0 N–H and O–H groups in total. The maximum Gasteiger partial charge on any atom is 0.319 e. The van der Waals surface area contributed by atoms with Gasteiger partial charge in [-0.3, -0.25) is 9.36 Å². The van der Waals surface area contributed by atoms with Crippen LogP contribution < -0.4 is 0 Å². The Bertz CT molecular complexity index is 963. The fourth-order valence-electron chi connectivity index (χ4n) is 3.79. The van der Waals surface area contributed by atoms with Crippen LogP contribution in [0.5, 0.6) is 0 Å². The first-order valence-electron chi connectivity index (χ1n) is 10.5. The van der Waals surface area contributed by atoms with Gasteiger partial charge in [0.1, 0.15) is 11.3 Å². The van der Waals surface area contributed by atoms with Crippen LogP contribution in [-0.2, 0) is 30.5 Å². The summed E-state index contributed by atoms with van der Waals surface area (Å²) in [6, 6.07) is 7.67. The van der Waals surface area contributed by atoms with Crippen molar-refractivity contribution in [3.05, 3.63) is 46.6 Å². The van der Waals surface area contributed by atoms with Gasteiger partial charge in [-0.05, 0) is 58.2 Å². The molecule has 0 aliphatic heterocycles. The molecule has 0 radical (unpaired) electrons. The SMILES string of the molecule is CCOP(C)(=O)C(Cc1nc(C2(c3ccc(Cl)cc3)CCC2)no1)C(=O)OC(C)(C)C. The molecule has 1 heterocycles. The van der Waals surface area contributed by atoms with E-state index in [1.54, 1.807) is 27.7 Å². The molecule has 0 amide bonds. The van der Waals surface area contributed by atoms with Gasteiger partial charge in [0.05, 0.1) is 12.0 Å². The summed E-state index contributed by atoms with van der Waals surface area (Å²) in [5.41, 5.74) is -0.988. The second-order valence-corrected chi connectivity index (χ2v) is 12.2. The number of aromatic nitrogens is 2. The molecule has 170 valence electrons. The van der Waals surface area contributed by atoms with Crippen molar-refractivity contribution in [2.45, 2.75) is 70.1 Å². The Morgan fingerprint density at radius 1 is 1.29 bits per heavy atom. The maximum atomic E-state index is 13.1. The number of rotatable bonds is 8. The van der Waals surface area contributed by atoms with Crippen LogP contribution in [0.1, 0.15) is 64.2 Å². The van der Waals surface area contributed by atoms with Crippen LogP contribution in [-0.4, -0.2) is 40.6 Å². The minimum atomic E-state index is -3.32. The Morgan fingerprint density at radius 2 is 1.94 bits per heavy atom. The maximum absolute atomic E-state index is 13.1. The summed E-state index contributed by atoms with van der Waals surface area (Å²) < 4.78 is 29.6. The van der Waals surface area contributed by atoms with Crippen LogP contribution >= 0.6 is 19.0 Å². The molecule has 1 aliphatic carbocycles. The van der Waals surface area contributed by atoms with Gasteiger partial charge < -0.3 is 13.8 Å². The number of nitrogens with zero attached hydrogens (tertiary/aromatic N) is 2. The van der Waals surface area contributed by atoms with Crippen molar-refractivity contribution in [1.82, 2.24) is 10.1 Å². The predicted octanol–water partition coefficient (Wildman–Crippen LogP) is 5.39. The lowest BCUT2D eigenvalue weighted by Crippen LogP contribution is -2.36. The third-order valence-electron chi connectivity index (χ3n) is 5.50. The van der Waals surface area contributed by atoms with Gasteiger partial charge in [-0.1, -0.05) is 35.3 Å². The van der Waals surface area contributed by atoms with Gasteiger partial charge in [-0.25, -0.2) is 0 Å². The van der Waals surface area contributed by atoms with E-state index in [0.29, 0.717) is 10.8 Å². The molecule has 1 aliphatic rings. The predicted molar refractivity (Wildman–Crippen MR) is 119 cm³/mol. The third-order valence-corrected chi connectivity index (χ3v) is 8.05. The number of ether oxygens (including phenoxy) is 1. The van der Waals surface area contributed by atoms with Crippen molar-refractivity contribution in [3.63, 3.8) is 0 Å². The quantitative estimate of drug-likeness (QED) is 0.379. The number of halogens is 1. The molecule has 31 heavy (non-hydrogen) atoms. The lowest BCUT2D eigenvalue weighted by molar-refractivity contribution is -0.154. The summed E-state index contributed by atoms with van der Waals surface area (Å²) in [5, 5.41) is 4.89. The second kappa shape index (κ2) is 9.05. The first kappa shape index (κ1) is 24.0. The van der Waals surface area contributed by atoms with Gasteiger partial charge in [0.15, 0.2) is 5.82 Å². The smallest absolute Gasteiger partial charge is 0.319 e. The van der Waals surface area contributed by atoms with Crippen LogP contribution in [0.2, 0.25) is 5.02 Å². The highest BCUT2D eigenvalue weighted by Gasteiger charge is 2.45. The van der Waals surface area contributed by atoms with Crippen LogP contribution in [0.4, 0.5) is 0 Å². The summed E-state index contributed by atoms with van der Waals surface area (Å²) in [5.74, 6) is 0.219. The highest BCUT2D eigenvalue weighted by atomic mass is 35.5. The van der Waals surface area contributed by atoms with Gasteiger partial charge in [-0.2, -0.15) is 4.98 Å². The number of hydrogen-bond acceptors (Lipinski definition) is 7. The van der Waals surface area contributed by atoms with Crippen LogP contribution in [0.3, 0.4) is 0 Å². The van der Waals surface area contributed by atoms with Crippen molar-refractivity contribution in [2.24, 2.45) is 0 Å². The van der Waals surface area contributed by atoms with E-state index in [2.05, 4.69) is 10.1 Å². The molecule has 9 heteroatoms. The van der Waals surface area contributed by atoms with E-state index in [9.17, 15) is 9.36 Å². The highest BCUT2D eigenvalue weighted by Crippen LogP contribution is 2.51. The van der Waals surface area contributed by atoms with Crippen molar-refractivity contribution in [3.8, 4) is 0 Å². The van der Waals surface area contributed by atoms with Gasteiger partial charge in [0.25, 0.3) is 0 Å². The molecular weight excluding hydrogens is 439 g/mol. The van der Waals surface area contributed by atoms with E-state index in [1.807, 2.05) is 24.3 Å². The Morgan fingerprint density at radius 3 is 2.45 bits per heavy atom. The number of carbonyl (C=O) groups excluding carboxylic acids is 1. The molecule has 7 nitrogen and oxygen atoms in total. The Kier molecular flexibility index (Phi) is 6.99. The largest absolute Gasteiger partial charge is 0.459 e. The van der Waals surface area contributed by atoms with E-state index >= 15 is 0 Å². The molecule has 1 saturated carbocycles. The van der Waals surface area contributed by atoms with E-state index in [1.165, 1.54) is 6.66 Å². The van der Waals surface area contributed by atoms with Gasteiger partial charge in [0, 0.05) is 18.1 Å². The zero-order chi connectivity index (χ0) is 22.9. The summed E-state index contributed by atoms with van der Waals surface area (Å²) in [6.07, 6.45) is 2.84. The monoisotopic (exact) mass is 468 g/mol. The molecule has 1 fully saturated rings. The molecule has 3 rings (SSSR count). The lowest BCUT2D eigenvalue weighted by Gasteiger charge is -2.39. The fraction of sp³-hybridized carbons (Fsp3) is 0.591. The molecule has 2 unspecified atom stereocenters. The average Bonchev–Trinajstić information content (AvgIpc) is 3.07. The van der Waals surface area contributed by atoms with Crippen molar-refractivity contribution in [2.75, 3.05) is 13.3 Å². The number of hydrogen-bond donors (Lipinski definition) is 0. The fourth-order valence-corrected chi connectivity index (χ4v) is 5.54. The van der Waals surface area contributed by atoms with Gasteiger partial charge in [0.2, 0.25) is 13.3 Å². The Balaban J connectivity index is 1.87. The lowest BCUT2D eigenvalue weighted by atomic mass is 9.64. The normalized spacial score (nSPS) is 18.6. The summed E-state index contributed by atoms with van der Waals surface area (Å²) in [6.45, 7) is 8.70. The molecule has 1 aromatic heterocycles. The first-order valence-corrected chi connectivity index (χ1v) is 13.0. The minimum absolute atomic E-state index is 0.00755. The highest BCUT2D eigenvalue weighted by molar-refractivity contribution is 7.60. The standard InChI is InChI=1S/C22H30ClN2O5P/c1-6-28-31(5,27)17(19(26)29-21(2,3)4)14-18-24-20(25-30-18)22(12-7-13-22)15-8-10-16(23)11-9-15/h8-11,17H,6-7,12-14H2,1-5H3. The van der Waals surface area contributed by atoms with E-state index in [-0.39, 0.29) is 24.3 Å². The zero-order valence-corrected chi connectivity index (χ0v) is 20.3. The number of esters is 1. The number of benzene rings is 1. The summed E-state index contributed by atoms with van der Waals surface area (Å²) >= 11 is 6.04. The average molecular weight is 469 g/mol. The van der Waals surface area contributed by atoms with E-state index in [0.717, 1.165) is 24.8 Å². The molecule has 0 saturated heterocycles. The molecule has 1 aromatic carbocycles. The molecular formula is C22H30ClN2O5P. The van der Waals surface area contributed by atoms with E-state index in [4.69, 9.17) is 25.4 Å². The molecule has 2 atom stereocenters. The number of carbonyl (C=O) groups is 1. The van der Waals surface area contributed by atoms with E-state index < -0.39 is 24.6 Å². The summed E-state index contributed by atoms with van der Waals surface area (Å²) in [7, 11) is -3.32. The first-order chi connectivity index (χ1) is 14.5. The van der Waals surface area contributed by atoms with Gasteiger partial charge in [-0.15, -0.1) is 0 Å². The van der Waals surface area contributed by atoms with Crippen LogP contribution in [0.15, 0.2) is 28.8 Å². The third kappa shape index (κ3) is 5.39. The molecule has 0 bridgehead atoms. The van der Waals surface area contributed by atoms with Crippen LogP contribution in [0.25, 0.3) is 0 Å². The topological polar surface area (TPSA) is 91.5 Å². The molecule has 2 aromatic rings. The summed E-state index contributed by atoms with van der Waals surface area (Å²) in [4.78, 5) is 17.4. The second-order valence-electron chi connectivity index (χ2n) is 9.03. The Hall–Kier alpha value is -1.69. The van der Waals surface area contributed by atoms with Crippen molar-refractivity contribution < 1.29 is 23.1 Å².